The van der Waals surface area contributed by atoms with E-state index in [1.54, 1.807) is 31.0 Å². The van der Waals surface area contributed by atoms with E-state index in [2.05, 4.69) is 5.32 Å². The molecule has 2 rings (SSSR count). The van der Waals surface area contributed by atoms with Crippen molar-refractivity contribution in [1.29, 1.82) is 0 Å². The third-order valence-electron chi connectivity index (χ3n) is 3.71. The fourth-order valence-corrected chi connectivity index (χ4v) is 2.29. The minimum atomic E-state index is -1.62. The van der Waals surface area contributed by atoms with Crippen molar-refractivity contribution >= 4 is 23.2 Å². The van der Waals surface area contributed by atoms with Crippen LogP contribution in [-0.4, -0.2) is 23.9 Å². The Kier molecular flexibility index (Phi) is 5.85. The van der Waals surface area contributed by atoms with Gasteiger partial charge in [-0.1, -0.05) is 29.8 Å². The Bertz CT molecular complexity index is 755. The Morgan fingerprint density at radius 3 is 2.50 bits per heavy atom. The predicted octanol–water partition coefficient (Wildman–Crippen LogP) is 4.22. The van der Waals surface area contributed by atoms with Gasteiger partial charge in [0, 0.05) is 11.6 Å². The number of benzene rings is 2. The van der Waals surface area contributed by atoms with E-state index in [1.807, 2.05) is 12.1 Å². The first-order valence-electron chi connectivity index (χ1n) is 7.19. The Morgan fingerprint density at radius 2 is 1.83 bits per heavy atom. The van der Waals surface area contributed by atoms with Gasteiger partial charge in [-0.15, -0.1) is 0 Å². The molecule has 0 saturated carbocycles. The van der Waals surface area contributed by atoms with E-state index >= 15 is 0 Å². The Balaban J connectivity index is 2.07. The fraction of sp³-hybridized carbons (Fsp3) is 0.235. The number of hydrogen-bond acceptors (Lipinski definition) is 2. The molecular weight excluding hydrogens is 341 g/mol. The van der Waals surface area contributed by atoms with E-state index in [0.29, 0.717) is 11.6 Å². The van der Waals surface area contributed by atoms with Crippen molar-refractivity contribution in [1.82, 2.24) is 4.90 Å². The molecule has 1 atom stereocenters. The summed E-state index contributed by atoms with van der Waals surface area (Å²) >= 11 is 6.08. The second-order valence-corrected chi connectivity index (χ2v) is 5.80. The molecule has 0 saturated heterocycles. The molecule has 0 fully saturated rings. The standard InChI is InChI=1S/C17H16ClF3N2O/c1-10(23(2)9-11-5-3-4-6-12(11)18)17(24)22-14-8-7-13(19)15(20)16(14)21/h3-8,10H,9H2,1-2H3,(H,22,24)/t10-/m1/s1. The van der Waals surface area contributed by atoms with Gasteiger partial charge in [-0.3, -0.25) is 9.69 Å². The molecule has 7 heteroatoms. The summed E-state index contributed by atoms with van der Waals surface area (Å²) in [5.41, 5.74) is 0.428. The van der Waals surface area contributed by atoms with Gasteiger partial charge in [-0.05, 0) is 37.7 Å². The fourth-order valence-electron chi connectivity index (χ4n) is 2.09. The summed E-state index contributed by atoms with van der Waals surface area (Å²) in [4.78, 5) is 13.9. The van der Waals surface area contributed by atoms with Crippen molar-refractivity contribution < 1.29 is 18.0 Å². The number of nitrogens with zero attached hydrogens (tertiary/aromatic N) is 1. The number of carbonyl (C=O) groups excluding carboxylic acids is 1. The lowest BCUT2D eigenvalue weighted by molar-refractivity contribution is -0.120. The molecule has 1 N–H and O–H groups in total. The van der Waals surface area contributed by atoms with E-state index in [4.69, 9.17) is 11.6 Å². The molecule has 2 aromatic carbocycles. The first-order valence-corrected chi connectivity index (χ1v) is 7.57. The minimum absolute atomic E-state index is 0.397. The molecule has 1 amide bonds. The average molecular weight is 357 g/mol. The lowest BCUT2D eigenvalue weighted by Gasteiger charge is -2.24. The average Bonchev–Trinajstić information content (AvgIpc) is 2.56. The van der Waals surface area contributed by atoms with Crippen LogP contribution >= 0.6 is 11.6 Å². The molecule has 0 aliphatic rings. The summed E-state index contributed by atoms with van der Waals surface area (Å²) in [6.45, 7) is 2.01. The molecule has 2 aromatic rings. The summed E-state index contributed by atoms with van der Waals surface area (Å²) in [5, 5.41) is 2.84. The summed E-state index contributed by atoms with van der Waals surface area (Å²) in [6.07, 6.45) is 0. The molecule has 0 unspecified atom stereocenters. The third kappa shape index (κ3) is 4.07. The van der Waals surface area contributed by atoms with Crippen LogP contribution in [0.3, 0.4) is 0 Å². The predicted molar refractivity (Wildman–Crippen MR) is 87.3 cm³/mol. The van der Waals surface area contributed by atoms with Gasteiger partial charge in [0.25, 0.3) is 0 Å². The van der Waals surface area contributed by atoms with Crippen molar-refractivity contribution in [3.63, 3.8) is 0 Å². The number of rotatable bonds is 5. The smallest absolute Gasteiger partial charge is 0.241 e. The van der Waals surface area contributed by atoms with Gasteiger partial charge < -0.3 is 5.32 Å². The minimum Gasteiger partial charge on any atom is -0.322 e. The molecule has 0 aromatic heterocycles. The topological polar surface area (TPSA) is 32.3 Å². The number of amides is 1. The highest BCUT2D eigenvalue weighted by Crippen LogP contribution is 2.21. The largest absolute Gasteiger partial charge is 0.322 e. The maximum atomic E-state index is 13.6. The zero-order valence-corrected chi connectivity index (χ0v) is 13.9. The highest BCUT2D eigenvalue weighted by Gasteiger charge is 2.21. The number of hydrogen-bond donors (Lipinski definition) is 1. The van der Waals surface area contributed by atoms with E-state index in [1.165, 1.54) is 0 Å². The zero-order valence-electron chi connectivity index (χ0n) is 13.1. The first-order chi connectivity index (χ1) is 11.3. The molecule has 0 aliphatic heterocycles. The third-order valence-corrected chi connectivity index (χ3v) is 4.08. The lowest BCUT2D eigenvalue weighted by atomic mass is 10.2. The van der Waals surface area contributed by atoms with Crippen LogP contribution in [0, 0.1) is 17.5 Å². The molecule has 3 nitrogen and oxygen atoms in total. The van der Waals surface area contributed by atoms with E-state index < -0.39 is 35.1 Å². The van der Waals surface area contributed by atoms with Gasteiger partial charge >= 0.3 is 0 Å². The number of likely N-dealkylation sites (N-methyl/N-ethyl adjacent to an activating group) is 1. The number of nitrogens with one attached hydrogen (secondary N) is 1. The van der Waals surface area contributed by atoms with Gasteiger partial charge in [-0.25, -0.2) is 13.2 Å². The second-order valence-electron chi connectivity index (χ2n) is 5.39. The zero-order chi connectivity index (χ0) is 17.9. The van der Waals surface area contributed by atoms with Crippen molar-refractivity contribution in [2.45, 2.75) is 19.5 Å². The molecular formula is C17H16ClF3N2O. The van der Waals surface area contributed by atoms with Gasteiger partial charge in [-0.2, -0.15) is 0 Å². The van der Waals surface area contributed by atoms with E-state index in [-0.39, 0.29) is 0 Å². The van der Waals surface area contributed by atoms with E-state index in [0.717, 1.165) is 17.7 Å². The molecule has 0 spiro atoms. The highest BCUT2D eigenvalue weighted by atomic mass is 35.5. The number of anilines is 1. The first kappa shape index (κ1) is 18.3. The monoisotopic (exact) mass is 356 g/mol. The highest BCUT2D eigenvalue weighted by molar-refractivity contribution is 6.31. The van der Waals surface area contributed by atoms with Crippen LogP contribution in [0.15, 0.2) is 36.4 Å². The van der Waals surface area contributed by atoms with Gasteiger partial charge in [0.1, 0.15) is 0 Å². The summed E-state index contributed by atoms with van der Waals surface area (Å²) in [5.74, 6) is -4.90. The summed E-state index contributed by atoms with van der Waals surface area (Å²) in [7, 11) is 1.70. The normalized spacial score (nSPS) is 12.3. The van der Waals surface area contributed by atoms with Crippen LogP contribution in [0.1, 0.15) is 12.5 Å². The molecule has 0 heterocycles. The van der Waals surface area contributed by atoms with Crippen molar-refractivity contribution in [2.75, 3.05) is 12.4 Å². The van der Waals surface area contributed by atoms with Crippen LogP contribution in [-0.2, 0) is 11.3 Å². The molecule has 0 aliphatic carbocycles. The van der Waals surface area contributed by atoms with Crippen molar-refractivity contribution in [2.24, 2.45) is 0 Å². The maximum Gasteiger partial charge on any atom is 0.241 e. The SMILES string of the molecule is C[C@H](C(=O)Nc1ccc(F)c(F)c1F)N(C)Cc1ccccc1Cl. The molecule has 0 radical (unpaired) electrons. The Morgan fingerprint density at radius 1 is 1.17 bits per heavy atom. The summed E-state index contributed by atoms with van der Waals surface area (Å²) < 4.78 is 39.7. The Labute approximate surface area is 143 Å². The van der Waals surface area contributed by atoms with Crippen LogP contribution in [0.4, 0.5) is 18.9 Å². The van der Waals surface area contributed by atoms with E-state index in [9.17, 15) is 18.0 Å². The maximum absolute atomic E-state index is 13.6. The van der Waals surface area contributed by atoms with Gasteiger partial charge in [0.2, 0.25) is 5.91 Å². The summed E-state index contributed by atoms with van der Waals surface area (Å²) in [6, 6.07) is 8.29. The van der Waals surface area contributed by atoms with Crippen LogP contribution in [0.5, 0.6) is 0 Å². The molecule has 24 heavy (non-hydrogen) atoms. The van der Waals surface area contributed by atoms with Crippen LogP contribution < -0.4 is 5.32 Å². The van der Waals surface area contributed by atoms with Crippen LogP contribution in [0.2, 0.25) is 5.02 Å². The van der Waals surface area contributed by atoms with Crippen molar-refractivity contribution in [3.8, 4) is 0 Å². The second kappa shape index (κ2) is 7.68. The van der Waals surface area contributed by atoms with Gasteiger partial charge in [0.05, 0.1) is 11.7 Å². The van der Waals surface area contributed by atoms with Crippen LogP contribution in [0.25, 0.3) is 0 Å². The quantitative estimate of drug-likeness (QED) is 0.814. The number of carbonyl (C=O) groups is 1. The van der Waals surface area contributed by atoms with Gasteiger partial charge in [0.15, 0.2) is 17.5 Å². The lowest BCUT2D eigenvalue weighted by Crippen LogP contribution is -2.39. The number of halogens is 4. The molecule has 0 bridgehead atoms. The van der Waals surface area contributed by atoms with Crippen molar-refractivity contribution in [3.05, 3.63) is 64.4 Å². The molecule has 128 valence electrons. The Hall–Kier alpha value is -2.05.